The zero-order valence-electron chi connectivity index (χ0n) is 14.3. The lowest BCUT2D eigenvalue weighted by Gasteiger charge is -2.27. The van der Waals surface area contributed by atoms with Crippen LogP contribution in [0.5, 0.6) is 5.88 Å². The number of nitrogens with one attached hydrogen (secondary N) is 2. The quantitative estimate of drug-likeness (QED) is 0.535. The van der Waals surface area contributed by atoms with Crippen LogP contribution in [0.1, 0.15) is 11.1 Å². The Bertz CT molecular complexity index is 910. The van der Waals surface area contributed by atoms with Crippen molar-refractivity contribution in [1.29, 1.82) is 0 Å². The first-order chi connectivity index (χ1) is 12.0. The van der Waals surface area contributed by atoms with Gasteiger partial charge in [0.25, 0.3) is 5.56 Å². The SMILES string of the molecule is Cc1cccc(-n2c(O)c(/C=N/N3CC[NH+](C)CC3)c(=O)[nH]c2=S)c1. The average molecular weight is 360 g/mol. The third-order valence-electron chi connectivity index (χ3n) is 4.32. The summed E-state index contributed by atoms with van der Waals surface area (Å²) in [4.78, 5) is 16.3. The number of aromatic nitrogens is 2. The Morgan fingerprint density at radius 2 is 2.08 bits per heavy atom. The third kappa shape index (κ3) is 3.80. The van der Waals surface area contributed by atoms with Crippen molar-refractivity contribution in [2.75, 3.05) is 33.2 Å². The molecule has 0 saturated carbocycles. The molecule has 2 aromatic rings. The Morgan fingerprint density at radius 1 is 1.36 bits per heavy atom. The van der Waals surface area contributed by atoms with Crippen LogP contribution >= 0.6 is 12.2 Å². The topological polar surface area (TPSA) is 78.1 Å². The van der Waals surface area contributed by atoms with Crippen molar-refractivity contribution < 1.29 is 10.0 Å². The van der Waals surface area contributed by atoms with Crippen molar-refractivity contribution in [3.05, 3.63) is 50.5 Å². The van der Waals surface area contributed by atoms with Gasteiger partial charge < -0.3 is 10.0 Å². The van der Waals surface area contributed by atoms with E-state index in [0.29, 0.717) is 5.69 Å². The van der Waals surface area contributed by atoms with Crippen LogP contribution < -0.4 is 10.5 Å². The molecule has 1 aromatic carbocycles. The van der Waals surface area contributed by atoms with Gasteiger partial charge in [-0.1, -0.05) is 12.1 Å². The van der Waals surface area contributed by atoms with Crippen LogP contribution in [0.4, 0.5) is 0 Å². The number of likely N-dealkylation sites (N-methyl/N-ethyl adjacent to an activating group) is 1. The number of aromatic amines is 1. The molecule has 0 aliphatic carbocycles. The number of rotatable bonds is 3. The van der Waals surface area contributed by atoms with Crippen LogP contribution in [-0.4, -0.2) is 59.1 Å². The second-order valence-corrected chi connectivity index (χ2v) is 6.71. The van der Waals surface area contributed by atoms with E-state index in [9.17, 15) is 9.90 Å². The average Bonchev–Trinajstić information content (AvgIpc) is 2.56. The van der Waals surface area contributed by atoms with E-state index in [1.54, 1.807) is 0 Å². The maximum atomic E-state index is 12.2. The highest BCUT2D eigenvalue weighted by Crippen LogP contribution is 2.19. The molecule has 0 radical (unpaired) electrons. The predicted octanol–water partition coefficient (Wildman–Crippen LogP) is 0.0733. The van der Waals surface area contributed by atoms with Gasteiger partial charge in [-0.2, -0.15) is 5.10 Å². The maximum Gasteiger partial charge on any atom is 0.264 e. The van der Waals surface area contributed by atoms with Crippen molar-refractivity contribution in [2.45, 2.75) is 6.92 Å². The molecule has 25 heavy (non-hydrogen) atoms. The molecule has 1 fully saturated rings. The third-order valence-corrected chi connectivity index (χ3v) is 4.61. The highest BCUT2D eigenvalue weighted by atomic mass is 32.1. The van der Waals surface area contributed by atoms with Crippen LogP contribution in [-0.2, 0) is 0 Å². The lowest BCUT2D eigenvalue weighted by atomic mass is 10.2. The lowest BCUT2D eigenvalue weighted by molar-refractivity contribution is -0.884. The maximum absolute atomic E-state index is 12.2. The zero-order valence-corrected chi connectivity index (χ0v) is 15.1. The number of benzene rings is 1. The molecule has 0 atom stereocenters. The minimum absolute atomic E-state index is 0.0985. The molecule has 0 amide bonds. The largest absolute Gasteiger partial charge is 0.494 e. The number of nitrogens with zero attached hydrogens (tertiary/aromatic N) is 3. The van der Waals surface area contributed by atoms with Crippen LogP contribution in [0, 0.1) is 11.7 Å². The summed E-state index contributed by atoms with van der Waals surface area (Å²) in [5.74, 6) is -0.206. The molecule has 1 aliphatic rings. The highest BCUT2D eigenvalue weighted by molar-refractivity contribution is 7.71. The number of hydrogen-bond acceptors (Lipinski definition) is 5. The van der Waals surface area contributed by atoms with Crippen LogP contribution in [0.2, 0.25) is 0 Å². The fraction of sp³-hybridized carbons (Fsp3) is 0.353. The molecule has 3 rings (SSSR count). The molecule has 7 nitrogen and oxygen atoms in total. The van der Waals surface area contributed by atoms with Crippen molar-refractivity contribution >= 4 is 18.4 Å². The lowest BCUT2D eigenvalue weighted by Crippen LogP contribution is -3.11. The molecule has 1 saturated heterocycles. The van der Waals surface area contributed by atoms with E-state index in [0.717, 1.165) is 31.7 Å². The molecule has 0 spiro atoms. The number of hydrogen-bond donors (Lipinski definition) is 3. The summed E-state index contributed by atoms with van der Waals surface area (Å²) in [6.45, 7) is 5.58. The van der Waals surface area contributed by atoms with E-state index in [1.165, 1.54) is 15.7 Å². The molecule has 132 valence electrons. The van der Waals surface area contributed by atoms with Gasteiger partial charge in [0, 0.05) is 0 Å². The number of quaternary nitrogens is 1. The Labute approximate surface area is 150 Å². The monoisotopic (exact) mass is 360 g/mol. The summed E-state index contributed by atoms with van der Waals surface area (Å²) in [6, 6.07) is 7.54. The van der Waals surface area contributed by atoms with Gasteiger partial charge in [0.1, 0.15) is 5.56 Å². The normalized spacial score (nSPS) is 15.8. The van der Waals surface area contributed by atoms with Crippen LogP contribution in [0.25, 0.3) is 5.69 Å². The molecular formula is C17H22N5O2S+. The second-order valence-electron chi connectivity index (χ2n) is 6.33. The van der Waals surface area contributed by atoms with E-state index in [1.807, 2.05) is 36.2 Å². The summed E-state index contributed by atoms with van der Waals surface area (Å²) in [5.41, 5.74) is 1.37. The Kier molecular flexibility index (Phi) is 5.00. The number of aromatic hydroxyl groups is 1. The first kappa shape index (κ1) is 17.4. The fourth-order valence-corrected chi connectivity index (χ4v) is 3.08. The Morgan fingerprint density at radius 3 is 2.76 bits per heavy atom. The zero-order chi connectivity index (χ0) is 18.0. The van der Waals surface area contributed by atoms with Gasteiger partial charge in [-0.25, -0.2) is 0 Å². The fourth-order valence-electron chi connectivity index (χ4n) is 2.79. The molecule has 8 heteroatoms. The second kappa shape index (κ2) is 7.20. The predicted molar refractivity (Wildman–Crippen MR) is 99.4 cm³/mol. The summed E-state index contributed by atoms with van der Waals surface area (Å²) >= 11 is 5.22. The van der Waals surface area contributed by atoms with Gasteiger partial charge in [-0.15, -0.1) is 0 Å². The van der Waals surface area contributed by atoms with Gasteiger partial charge in [0.05, 0.1) is 45.1 Å². The molecule has 3 N–H and O–H groups in total. The summed E-state index contributed by atoms with van der Waals surface area (Å²) in [5, 5.41) is 16.9. The molecular weight excluding hydrogens is 338 g/mol. The van der Waals surface area contributed by atoms with Crippen LogP contribution in [0.15, 0.2) is 34.2 Å². The Balaban J connectivity index is 1.99. The standard InChI is InChI=1S/C17H21N5O2S/c1-12-4-3-5-13(10-12)22-16(24)14(15(23)19-17(22)25)11-18-21-8-6-20(2)7-9-21/h3-5,10-11,24H,6-9H2,1-2H3,(H,19,23,25)/p+1/b18-11+. The smallest absolute Gasteiger partial charge is 0.264 e. The van der Waals surface area contributed by atoms with E-state index in [2.05, 4.69) is 17.1 Å². The van der Waals surface area contributed by atoms with Gasteiger partial charge in [0.15, 0.2) is 4.77 Å². The van der Waals surface area contributed by atoms with E-state index in [4.69, 9.17) is 12.2 Å². The number of piperazine rings is 1. The van der Waals surface area contributed by atoms with Gasteiger partial charge in [-0.05, 0) is 36.8 Å². The van der Waals surface area contributed by atoms with E-state index < -0.39 is 5.56 Å². The number of H-pyrrole nitrogens is 1. The molecule has 1 aromatic heterocycles. The molecule has 0 unspecified atom stereocenters. The van der Waals surface area contributed by atoms with E-state index >= 15 is 0 Å². The molecule has 1 aliphatic heterocycles. The highest BCUT2D eigenvalue weighted by Gasteiger charge is 2.16. The van der Waals surface area contributed by atoms with Crippen molar-refractivity contribution in [3.8, 4) is 11.6 Å². The van der Waals surface area contributed by atoms with Crippen molar-refractivity contribution in [2.24, 2.45) is 5.10 Å². The minimum atomic E-state index is -0.449. The van der Waals surface area contributed by atoms with Gasteiger partial charge >= 0.3 is 0 Å². The van der Waals surface area contributed by atoms with Crippen molar-refractivity contribution in [1.82, 2.24) is 14.6 Å². The van der Waals surface area contributed by atoms with Gasteiger partial charge in [-0.3, -0.25) is 19.4 Å². The van der Waals surface area contributed by atoms with E-state index in [-0.39, 0.29) is 16.2 Å². The first-order valence-electron chi connectivity index (χ1n) is 8.21. The Hall–Kier alpha value is -2.45. The first-order valence-corrected chi connectivity index (χ1v) is 8.62. The number of aryl methyl sites for hydroxylation is 1. The molecule has 2 heterocycles. The van der Waals surface area contributed by atoms with Gasteiger partial charge in [0.2, 0.25) is 5.88 Å². The summed E-state index contributed by atoms with van der Waals surface area (Å²) < 4.78 is 1.59. The number of hydrazone groups is 1. The molecule has 0 bridgehead atoms. The van der Waals surface area contributed by atoms with Crippen molar-refractivity contribution in [3.63, 3.8) is 0 Å². The minimum Gasteiger partial charge on any atom is -0.494 e. The summed E-state index contributed by atoms with van der Waals surface area (Å²) in [7, 11) is 2.14. The van der Waals surface area contributed by atoms with Crippen LogP contribution in [0.3, 0.4) is 0 Å². The summed E-state index contributed by atoms with van der Waals surface area (Å²) in [6.07, 6.45) is 1.41.